The predicted molar refractivity (Wildman–Crippen MR) is 65.8 cm³/mol. The molecule has 0 amide bonds. The van der Waals surface area contributed by atoms with Crippen LogP contribution in [0.5, 0.6) is 0 Å². The Labute approximate surface area is 104 Å². The second-order valence-corrected chi connectivity index (χ2v) is 3.91. The summed E-state index contributed by atoms with van der Waals surface area (Å²) >= 11 is 5.71. The Hall–Kier alpha value is -1.68. The van der Waals surface area contributed by atoms with Gasteiger partial charge in [-0.1, -0.05) is 23.7 Å². The molecule has 0 radical (unpaired) electrons. The lowest BCUT2D eigenvalue weighted by atomic mass is 10.1. The van der Waals surface area contributed by atoms with Gasteiger partial charge in [0.05, 0.1) is 5.02 Å². The minimum Gasteiger partial charge on any atom is -0.373 e. The van der Waals surface area contributed by atoms with Crippen LogP contribution in [-0.2, 0) is 6.42 Å². The number of benzene rings is 1. The van der Waals surface area contributed by atoms with E-state index in [-0.39, 0.29) is 5.02 Å². The summed E-state index contributed by atoms with van der Waals surface area (Å²) in [5.41, 5.74) is 0.491. The lowest BCUT2D eigenvalue weighted by molar-refractivity contribution is 0.612. The lowest BCUT2D eigenvalue weighted by Crippen LogP contribution is -2.01. The highest BCUT2D eigenvalue weighted by molar-refractivity contribution is 6.30. The summed E-state index contributed by atoms with van der Waals surface area (Å²) in [7, 11) is 1.77. The normalized spacial score (nSPS) is 10.3. The van der Waals surface area contributed by atoms with E-state index in [1.165, 1.54) is 6.07 Å². The second-order valence-electron chi connectivity index (χ2n) is 3.50. The van der Waals surface area contributed by atoms with Crippen LogP contribution >= 0.6 is 11.6 Å². The molecular weight excluding hydrogens is 241 g/mol. The van der Waals surface area contributed by atoms with E-state index < -0.39 is 5.82 Å². The minimum atomic E-state index is -0.410. The molecule has 17 heavy (non-hydrogen) atoms. The molecule has 1 heterocycles. The molecule has 0 spiro atoms. The number of halogens is 2. The summed E-state index contributed by atoms with van der Waals surface area (Å²) in [5.74, 6) is 0.850. The van der Waals surface area contributed by atoms with Crippen molar-refractivity contribution < 1.29 is 4.39 Å². The van der Waals surface area contributed by atoms with Crippen LogP contribution in [0.2, 0.25) is 5.02 Å². The number of hydrogen-bond donors (Lipinski definition) is 1. The van der Waals surface area contributed by atoms with E-state index in [2.05, 4.69) is 15.3 Å². The molecule has 1 aromatic carbocycles. The monoisotopic (exact) mass is 251 g/mol. The second kappa shape index (κ2) is 5.10. The van der Waals surface area contributed by atoms with Crippen molar-refractivity contribution in [1.29, 1.82) is 0 Å². The predicted octanol–water partition coefficient (Wildman–Crippen LogP) is 2.90. The molecule has 2 rings (SSSR count). The van der Waals surface area contributed by atoms with Crippen LogP contribution < -0.4 is 5.32 Å². The maximum Gasteiger partial charge on any atom is 0.145 e. The van der Waals surface area contributed by atoms with Gasteiger partial charge in [0.1, 0.15) is 17.5 Å². The topological polar surface area (TPSA) is 37.8 Å². The molecule has 0 bridgehead atoms. The number of anilines is 1. The average molecular weight is 252 g/mol. The van der Waals surface area contributed by atoms with Gasteiger partial charge in [0.25, 0.3) is 0 Å². The first-order valence-corrected chi connectivity index (χ1v) is 5.51. The third-order valence-corrected chi connectivity index (χ3v) is 2.63. The summed E-state index contributed by atoms with van der Waals surface area (Å²) in [6, 6.07) is 6.66. The van der Waals surface area contributed by atoms with E-state index in [1.807, 2.05) is 0 Å². The summed E-state index contributed by atoms with van der Waals surface area (Å²) in [4.78, 5) is 8.32. The first-order valence-electron chi connectivity index (χ1n) is 5.13. The van der Waals surface area contributed by atoms with Crippen LogP contribution in [0.1, 0.15) is 11.4 Å². The Kier molecular flexibility index (Phi) is 3.54. The first-order chi connectivity index (χ1) is 8.20. The van der Waals surface area contributed by atoms with Gasteiger partial charge >= 0.3 is 0 Å². The lowest BCUT2D eigenvalue weighted by Gasteiger charge is -2.05. The summed E-state index contributed by atoms with van der Waals surface area (Å²) in [6.07, 6.45) is 1.96. The zero-order valence-electron chi connectivity index (χ0n) is 9.24. The molecule has 0 aliphatic rings. The third kappa shape index (κ3) is 2.71. The molecule has 1 N–H and O–H groups in total. The molecular formula is C12H11ClFN3. The summed E-state index contributed by atoms with van der Waals surface area (Å²) in [5, 5.41) is 3.03. The first kappa shape index (κ1) is 11.8. The van der Waals surface area contributed by atoms with E-state index in [9.17, 15) is 4.39 Å². The van der Waals surface area contributed by atoms with Crippen LogP contribution in [0, 0.1) is 5.82 Å². The molecule has 0 aliphatic carbocycles. The molecule has 3 nitrogen and oxygen atoms in total. The molecule has 0 atom stereocenters. The quantitative estimate of drug-likeness (QED) is 0.912. The van der Waals surface area contributed by atoms with Crippen molar-refractivity contribution in [3.8, 4) is 0 Å². The smallest absolute Gasteiger partial charge is 0.145 e. The number of nitrogens with zero attached hydrogens (tertiary/aromatic N) is 2. The van der Waals surface area contributed by atoms with E-state index in [1.54, 1.807) is 31.4 Å². The zero-order valence-corrected chi connectivity index (χ0v) is 10.0. The van der Waals surface area contributed by atoms with Gasteiger partial charge in [0.2, 0.25) is 0 Å². The van der Waals surface area contributed by atoms with Gasteiger partial charge < -0.3 is 5.32 Å². The number of hydrogen-bond acceptors (Lipinski definition) is 3. The van der Waals surface area contributed by atoms with Gasteiger partial charge in [-0.3, -0.25) is 0 Å². The van der Waals surface area contributed by atoms with Crippen molar-refractivity contribution in [2.24, 2.45) is 0 Å². The van der Waals surface area contributed by atoms with Crippen LogP contribution in [0.3, 0.4) is 0 Å². The SMILES string of the molecule is CNc1ccnc(Cc2cccc(Cl)c2F)n1. The van der Waals surface area contributed by atoms with Gasteiger partial charge in [-0.2, -0.15) is 0 Å². The highest BCUT2D eigenvalue weighted by atomic mass is 35.5. The fraction of sp³-hybridized carbons (Fsp3) is 0.167. The van der Waals surface area contributed by atoms with Crippen molar-refractivity contribution in [3.63, 3.8) is 0 Å². The maximum absolute atomic E-state index is 13.7. The highest BCUT2D eigenvalue weighted by Gasteiger charge is 2.08. The average Bonchev–Trinajstić information content (AvgIpc) is 2.35. The van der Waals surface area contributed by atoms with Crippen LogP contribution in [0.25, 0.3) is 0 Å². The molecule has 1 aromatic heterocycles. The van der Waals surface area contributed by atoms with Crippen LogP contribution in [0.4, 0.5) is 10.2 Å². The Morgan fingerprint density at radius 3 is 2.94 bits per heavy atom. The van der Waals surface area contributed by atoms with E-state index in [0.29, 0.717) is 23.6 Å². The van der Waals surface area contributed by atoms with E-state index >= 15 is 0 Å². The molecule has 0 fully saturated rings. The van der Waals surface area contributed by atoms with Gasteiger partial charge in [-0.25, -0.2) is 14.4 Å². The molecule has 0 unspecified atom stereocenters. The molecule has 0 aliphatic heterocycles. The number of rotatable bonds is 3. The van der Waals surface area contributed by atoms with Gasteiger partial charge in [-0.15, -0.1) is 0 Å². The number of aromatic nitrogens is 2. The van der Waals surface area contributed by atoms with Crippen molar-refractivity contribution >= 4 is 17.4 Å². The zero-order chi connectivity index (χ0) is 12.3. The van der Waals surface area contributed by atoms with Crippen molar-refractivity contribution in [2.45, 2.75) is 6.42 Å². The molecule has 2 aromatic rings. The Morgan fingerprint density at radius 2 is 2.18 bits per heavy atom. The highest BCUT2D eigenvalue weighted by Crippen LogP contribution is 2.19. The standard InChI is InChI=1S/C12H11ClFN3/c1-15-10-5-6-16-11(17-10)7-8-3-2-4-9(13)12(8)14/h2-6H,7H2,1H3,(H,15,16,17). The van der Waals surface area contributed by atoms with Gasteiger partial charge in [0.15, 0.2) is 0 Å². The Morgan fingerprint density at radius 1 is 1.35 bits per heavy atom. The van der Waals surface area contributed by atoms with Crippen LogP contribution in [0.15, 0.2) is 30.5 Å². The maximum atomic E-state index is 13.7. The van der Waals surface area contributed by atoms with E-state index in [0.717, 1.165) is 0 Å². The molecule has 88 valence electrons. The fourth-order valence-electron chi connectivity index (χ4n) is 1.48. The van der Waals surface area contributed by atoms with Crippen LogP contribution in [-0.4, -0.2) is 17.0 Å². The molecule has 0 saturated heterocycles. The third-order valence-electron chi connectivity index (χ3n) is 2.34. The van der Waals surface area contributed by atoms with Crippen molar-refractivity contribution in [3.05, 3.63) is 52.7 Å². The number of nitrogens with one attached hydrogen (secondary N) is 1. The minimum absolute atomic E-state index is 0.118. The van der Waals surface area contributed by atoms with Gasteiger partial charge in [0, 0.05) is 19.7 Å². The molecule has 5 heteroatoms. The Balaban J connectivity index is 2.28. The molecule has 0 saturated carbocycles. The summed E-state index contributed by atoms with van der Waals surface area (Å²) in [6.45, 7) is 0. The fourth-order valence-corrected chi connectivity index (χ4v) is 1.67. The largest absolute Gasteiger partial charge is 0.373 e. The van der Waals surface area contributed by atoms with Gasteiger partial charge in [-0.05, 0) is 17.7 Å². The van der Waals surface area contributed by atoms with Crippen molar-refractivity contribution in [2.75, 3.05) is 12.4 Å². The van der Waals surface area contributed by atoms with Crippen molar-refractivity contribution in [1.82, 2.24) is 9.97 Å². The van der Waals surface area contributed by atoms with E-state index in [4.69, 9.17) is 11.6 Å². The summed E-state index contributed by atoms with van der Waals surface area (Å²) < 4.78 is 13.7. The Bertz CT molecular complexity index is 531.